The molecule has 0 saturated heterocycles. The highest BCUT2D eigenvalue weighted by Crippen LogP contribution is 2.12. The maximum absolute atomic E-state index is 11.7. The summed E-state index contributed by atoms with van der Waals surface area (Å²) in [5.41, 5.74) is 1.85. The van der Waals surface area contributed by atoms with Gasteiger partial charge in [-0.25, -0.2) is 4.79 Å². The summed E-state index contributed by atoms with van der Waals surface area (Å²) in [6, 6.07) is 12.0. The summed E-state index contributed by atoms with van der Waals surface area (Å²) in [5, 5.41) is 26.6. The molecule has 2 aromatic rings. The van der Waals surface area contributed by atoms with Crippen molar-refractivity contribution in [3.63, 3.8) is 0 Å². The van der Waals surface area contributed by atoms with Crippen LogP contribution in [-0.2, 0) is 12.8 Å². The van der Waals surface area contributed by atoms with Crippen LogP contribution in [0, 0.1) is 20.2 Å². The molecule has 9 nitrogen and oxygen atoms in total. The molecule has 0 atom stereocenters. The number of carbonyl (C=O) groups excluding carboxylic acids is 1. The molecule has 0 aliphatic heterocycles. The largest absolute Gasteiger partial charge is 0.338 e. The molecule has 2 aromatic carbocycles. The summed E-state index contributed by atoms with van der Waals surface area (Å²) in [4.78, 5) is 31.9. The van der Waals surface area contributed by atoms with Gasteiger partial charge in [0.05, 0.1) is 9.85 Å². The number of benzene rings is 2. The summed E-state index contributed by atoms with van der Waals surface area (Å²) in [7, 11) is 0. The number of carbonyl (C=O) groups is 1. The highest BCUT2D eigenvalue weighted by molar-refractivity contribution is 5.73. The zero-order chi connectivity index (χ0) is 18.9. The predicted molar refractivity (Wildman–Crippen MR) is 95.0 cm³/mol. The number of nitro groups is 2. The van der Waals surface area contributed by atoms with Crippen molar-refractivity contribution < 1.29 is 14.6 Å². The van der Waals surface area contributed by atoms with Crippen LogP contribution in [0.4, 0.5) is 16.2 Å². The second kappa shape index (κ2) is 9.11. The Hall–Kier alpha value is -3.49. The fourth-order valence-corrected chi connectivity index (χ4v) is 2.27. The van der Waals surface area contributed by atoms with Gasteiger partial charge in [0.15, 0.2) is 0 Å². The Kier molecular flexibility index (Phi) is 6.60. The molecule has 0 aromatic heterocycles. The average molecular weight is 358 g/mol. The number of hydrogen-bond acceptors (Lipinski definition) is 5. The van der Waals surface area contributed by atoms with Gasteiger partial charge in [0.2, 0.25) is 0 Å². The van der Waals surface area contributed by atoms with E-state index in [0.717, 1.165) is 11.1 Å². The van der Waals surface area contributed by atoms with Crippen LogP contribution in [0.25, 0.3) is 0 Å². The van der Waals surface area contributed by atoms with Crippen molar-refractivity contribution >= 4 is 17.4 Å². The van der Waals surface area contributed by atoms with Crippen LogP contribution in [0.15, 0.2) is 48.5 Å². The first-order chi connectivity index (χ1) is 12.5. The van der Waals surface area contributed by atoms with Crippen molar-refractivity contribution in [2.75, 3.05) is 13.1 Å². The van der Waals surface area contributed by atoms with Gasteiger partial charge < -0.3 is 10.6 Å². The summed E-state index contributed by atoms with van der Waals surface area (Å²) < 4.78 is 0. The van der Waals surface area contributed by atoms with Gasteiger partial charge in [0, 0.05) is 37.4 Å². The van der Waals surface area contributed by atoms with E-state index in [1.165, 1.54) is 24.3 Å². The van der Waals surface area contributed by atoms with E-state index in [2.05, 4.69) is 10.6 Å². The molecule has 0 spiro atoms. The van der Waals surface area contributed by atoms with Crippen LogP contribution in [0.2, 0.25) is 0 Å². The second-order valence-corrected chi connectivity index (χ2v) is 5.53. The molecular formula is C17H18N4O5. The number of rotatable bonds is 8. The van der Waals surface area contributed by atoms with Crippen LogP contribution in [-0.4, -0.2) is 29.0 Å². The molecule has 2 N–H and O–H groups in total. The van der Waals surface area contributed by atoms with Gasteiger partial charge in [0.1, 0.15) is 0 Å². The first kappa shape index (κ1) is 18.8. The Morgan fingerprint density at radius 1 is 0.731 bits per heavy atom. The average Bonchev–Trinajstić information content (AvgIpc) is 2.62. The number of nitrogens with zero attached hydrogens (tertiary/aromatic N) is 2. The predicted octanol–water partition coefficient (Wildman–Crippen LogP) is 2.59. The smallest absolute Gasteiger partial charge is 0.314 e. The molecule has 136 valence electrons. The lowest BCUT2D eigenvalue weighted by molar-refractivity contribution is -0.385. The Bertz CT molecular complexity index is 709. The Morgan fingerprint density at radius 3 is 1.38 bits per heavy atom. The van der Waals surface area contributed by atoms with Crippen molar-refractivity contribution in [1.82, 2.24) is 10.6 Å². The summed E-state index contributed by atoms with van der Waals surface area (Å²) in [6.07, 6.45) is 1.13. The van der Waals surface area contributed by atoms with Gasteiger partial charge in [-0.05, 0) is 24.0 Å². The van der Waals surface area contributed by atoms with E-state index in [-0.39, 0.29) is 17.4 Å². The minimum atomic E-state index is -0.458. The zero-order valence-corrected chi connectivity index (χ0v) is 13.9. The second-order valence-electron chi connectivity index (χ2n) is 5.53. The number of hydrogen-bond donors (Lipinski definition) is 2. The molecular weight excluding hydrogens is 340 g/mol. The van der Waals surface area contributed by atoms with Crippen molar-refractivity contribution in [2.45, 2.75) is 12.8 Å². The van der Waals surface area contributed by atoms with E-state index in [4.69, 9.17) is 0 Å². The third kappa shape index (κ3) is 5.86. The monoisotopic (exact) mass is 358 g/mol. The number of urea groups is 1. The van der Waals surface area contributed by atoms with E-state index in [1.54, 1.807) is 24.3 Å². The molecule has 0 aliphatic rings. The fraction of sp³-hybridized carbons (Fsp3) is 0.235. The van der Waals surface area contributed by atoms with Gasteiger partial charge in [-0.2, -0.15) is 0 Å². The van der Waals surface area contributed by atoms with Crippen LogP contribution in [0.3, 0.4) is 0 Å². The maximum atomic E-state index is 11.7. The Balaban J connectivity index is 1.65. The highest BCUT2D eigenvalue weighted by atomic mass is 16.6. The highest BCUT2D eigenvalue weighted by Gasteiger charge is 2.06. The van der Waals surface area contributed by atoms with Crippen molar-refractivity contribution in [3.8, 4) is 0 Å². The van der Waals surface area contributed by atoms with E-state index in [0.29, 0.717) is 25.9 Å². The standard InChI is InChI=1S/C17H18N4O5/c22-17(18-11-9-13-1-5-15(6-2-13)20(23)24)19-12-10-14-3-7-16(8-4-14)21(25)26/h1-8H,9-12H2,(H2,18,19,22). The van der Waals surface area contributed by atoms with E-state index < -0.39 is 9.85 Å². The van der Waals surface area contributed by atoms with Gasteiger partial charge >= 0.3 is 6.03 Å². The molecule has 0 radical (unpaired) electrons. The molecule has 0 saturated carbocycles. The minimum Gasteiger partial charge on any atom is -0.338 e. The van der Waals surface area contributed by atoms with Crippen LogP contribution < -0.4 is 10.6 Å². The topological polar surface area (TPSA) is 127 Å². The lowest BCUT2D eigenvalue weighted by Crippen LogP contribution is -2.37. The third-order valence-corrected chi connectivity index (χ3v) is 3.69. The van der Waals surface area contributed by atoms with Crippen LogP contribution in [0.1, 0.15) is 11.1 Å². The third-order valence-electron chi connectivity index (χ3n) is 3.69. The molecule has 26 heavy (non-hydrogen) atoms. The number of nitro benzene ring substituents is 2. The van der Waals surface area contributed by atoms with Crippen LogP contribution in [0.5, 0.6) is 0 Å². The van der Waals surface area contributed by atoms with Gasteiger partial charge in [0.25, 0.3) is 11.4 Å². The SMILES string of the molecule is O=C(NCCc1ccc([N+](=O)[O-])cc1)NCCc1ccc([N+](=O)[O-])cc1. The molecule has 0 unspecified atom stereocenters. The summed E-state index contributed by atoms with van der Waals surface area (Å²) >= 11 is 0. The Labute approximate surface area is 149 Å². The van der Waals surface area contributed by atoms with Crippen molar-refractivity contribution in [3.05, 3.63) is 79.9 Å². The molecule has 0 fully saturated rings. The van der Waals surface area contributed by atoms with Crippen molar-refractivity contribution in [2.24, 2.45) is 0 Å². The first-order valence-electron chi connectivity index (χ1n) is 7.94. The molecule has 0 heterocycles. The lowest BCUT2D eigenvalue weighted by Gasteiger charge is -2.08. The van der Waals surface area contributed by atoms with Gasteiger partial charge in [-0.15, -0.1) is 0 Å². The van der Waals surface area contributed by atoms with Gasteiger partial charge in [-0.1, -0.05) is 24.3 Å². The molecule has 9 heteroatoms. The maximum Gasteiger partial charge on any atom is 0.314 e. The quantitative estimate of drug-likeness (QED) is 0.554. The number of amides is 2. The van der Waals surface area contributed by atoms with E-state index >= 15 is 0 Å². The van der Waals surface area contributed by atoms with E-state index in [1.807, 2.05) is 0 Å². The first-order valence-corrected chi connectivity index (χ1v) is 7.94. The fourth-order valence-electron chi connectivity index (χ4n) is 2.27. The number of non-ortho nitro benzene ring substituents is 2. The lowest BCUT2D eigenvalue weighted by atomic mass is 10.1. The molecule has 2 rings (SSSR count). The summed E-state index contributed by atoms with van der Waals surface area (Å²) in [6.45, 7) is 0.808. The van der Waals surface area contributed by atoms with Crippen molar-refractivity contribution in [1.29, 1.82) is 0 Å². The molecule has 2 amide bonds. The normalized spacial score (nSPS) is 10.2. The minimum absolute atomic E-state index is 0.0331. The van der Waals surface area contributed by atoms with E-state index in [9.17, 15) is 25.0 Å². The van der Waals surface area contributed by atoms with Crippen LogP contribution >= 0.6 is 0 Å². The van der Waals surface area contributed by atoms with Gasteiger partial charge in [-0.3, -0.25) is 20.2 Å². The summed E-state index contributed by atoms with van der Waals surface area (Å²) in [5.74, 6) is 0. The Morgan fingerprint density at radius 2 is 1.08 bits per heavy atom. The number of nitrogens with one attached hydrogen (secondary N) is 2. The molecule has 0 aliphatic carbocycles. The molecule has 0 bridgehead atoms. The zero-order valence-electron chi connectivity index (χ0n) is 13.9.